The lowest BCUT2D eigenvalue weighted by atomic mass is 9.95. The minimum Gasteiger partial charge on any atom is -0.363 e. The number of alkyl halides is 3. The molecule has 0 radical (unpaired) electrons. The number of rotatable bonds is 3. The number of carbonyl (C=O) groups excluding carboxylic acids is 1. The lowest BCUT2D eigenvalue weighted by molar-refractivity contribution is -0.173. The van der Waals surface area contributed by atoms with Crippen LogP contribution in [0.1, 0.15) is 72.2 Å². The highest BCUT2D eigenvalue weighted by molar-refractivity contribution is 5.93. The Labute approximate surface area is 167 Å². The summed E-state index contributed by atoms with van der Waals surface area (Å²) in [5.74, 6) is -0.189. The topological polar surface area (TPSA) is 59.0 Å². The molecule has 2 aromatic rings. The van der Waals surface area contributed by atoms with Gasteiger partial charge < -0.3 is 10.6 Å². The summed E-state index contributed by atoms with van der Waals surface area (Å²) in [5, 5.41) is 10.1. The molecular weight excluding hydrogens is 381 g/mol. The zero-order chi connectivity index (χ0) is 20.6. The molecule has 4 rings (SSSR count). The van der Waals surface area contributed by atoms with Crippen molar-refractivity contribution in [3.63, 3.8) is 0 Å². The summed E-state index contributed by atoms with van der Waals surface area (Å²) >= 11 is 0. The van der Waals surface area contributed by atoms with E-state index in [-0.39, 0.29) is 24.0 Å². The van der Waals surface area contributed by atoms with Crippen molar-refractivity contribution in [2.75, 3.05) is 5.32 Å². The molecule has 156 valence electrons. The van der Waals surface area contributed by atoms with Gasteiger partial charge in [-0.3, -0.25) is 4.79 Å². The lowest BCUT2D eigenvalue weighted by Gasteiger charge is -2.33. The number of aromatic nitrogens is 2. The SMILES string of the molecule is Cc1ccc([C@H]2C[C@H](C(F)(F)F)n3nc(C(=O)NC4CCCCC4)cc3N2)cc1. The van der Waals surface area contributed by atoms with Crippen molar-refractivity contribution in [1.29, 1.82) is 0 Å². The van der Waals surface area contributed by atoms with Crippen molar-refractivity contribution in [3.8, 4) is 0 Å². The molecule has 2 aliphatic rings. The van der Waals surface area contributed by atoms with Crippen LogP contribution in [0.5, 0.6) is 0 Å². The summed E-state index contributed by atoms with van der Waals surface area (Å²) < 4.78 is 42.2. The van der Waals surface area contributed by atoms with Gasteiger partial charge in [0.2, 0.25) is 0 Å². The Kier molecular flexibility index (Phi) is 5.27. The van der Waals surface area contributed by atoms with E-state index in [1.807, 2.05) is 31.2 Å². The molecule has 2 atom stereocenters. The molecule has 0 unspecified atom stereocenters. The highest BCUT2D eigenvalue weighted by Crippen LogP contribution is 2.43. The van der Waals surface area contributed by atoms with E-state index in [4.69, 9.17) is 0 Å². The van der Waals surface area contributed by atoms with Gasteiger partial charge in [0, 0.05) is 18.5 Å². The number of hydrogen-bond acceptors (Lipinski definition) is 3. The van der Waals surface area contributed by atoms with Gasteiger partial charge in [-0.05, 0) is 25.3 Å². The van der Waals surface area contributed by atoms with E-state index in [1.54, 1.807) is 0 Å². The maximum absolute atomic E-state index is 13.8. The predicted octanol–water partition coefficient (Wildman–Crippen LogP) is 4.91. The Morgan fingerprint density at radius 3 is 2.52 bits per heavy atom. The molecule has 1 aliphatic heterocycles. The van der Waals surface area contributed by atoms with Crippen molar-refractivity contribution < 1.29 is 18.0 Å². The number of nitrogens with zero attached hydrogens (tertiary/aromatic N) is 2. The molecule has 2 N–H and O–H groups in total. The van der Waals surface area contributed by atoms with E-state index >= 15 is 0 Å². The molecule has 8 heteroatoms. The molecule has 5 nitrogen and oxygen atoms in total. The largest absolute Gasteiger partial charge is 0.410 e. The summed E-state index contributed by atoms with van der Waals surface area (Å²) in [6.07, 6.45) is 0.439. The molecule has 29 heavy (non-hydrogen) atoms. The fourth-order valence-electron chi connectivity index (χ4n) is 4.21. The Bertz CT molecular complexity index is 869. The van der Waals surface area contributed by atoms with Crippen LogP contribution in [-0.2, 0) is 0 Å². The average Bonchev–Trinajstić information content (AvgIpc) is 3.12. The molecule has 1 aromatic carbocycles. The summed E-state index contributed by atoms with van der Waals surface area (Å²) in [4.78, 5) is 12.6. The first-order valence-corrected chi connectivity index (χ1v) is 10.1. The van der Waals surface area contributed by atoms with Crippen molar-refractivity contribution in [2.24, 2.45) is 0 Å². The second kappa shape index (κ2) is 7.72. The monoisotopic (exact) mass is 406 g/mol. The first kappa shape index (κ1) is 19.8. The third kappa shape index (κ3) is 4.26. The number of anilines is 1. The van der Waals surface area contributed by atoms with Gasteiger partial charge in [0.25, 0.3) is 5.91 Å². The minimum absolute atomic E-state index is 0.0249. The van der Waals surface area contributed by atoms with Gasteiger partial charge in [-0.2, -0.15) is 18.3 Å². The molecule has 1 aliphatic carbocycles. The van der Waals surface area contributed by atoms with E-state index in [0.717, 1.165) is 47.9 Å². The summed E-state index contributed by atoms with van der Waals surface area (Å²) in [5.41, 5.74) is 1.85. The molecule has 1 saturated carbocycles. The number of nitrogens with one attached hydrogen (secondary N) is 2. The molecule has 0 saturated heterocycles. The number of halogens is 3. The van der Waals surface area contributed by atoms with E-state index in [0.29, 0.717) is 0 Å². The molecule has 1 fully saturated rings. The maximum Gasteiger partial charge on any atom is 0.410 e. The fourth-order valence-corrected chi connectivity index (χ4v) is 4.21. The molecule has 1 aromatic heterocycles. The normalized spacial score (nSPS) is 22.6. The number of carbonyl (C=O) groups is 1. The van der Waals surface area contributed by atoms with Gasteiger partial charge >= 0.3 is 6.18 Å². The molecule has 0 spiro atoms. The fraction of sp³-hybridized carbons (Fsp3) is 0.524. The highest BCUT2D eigenvalue weighted by Gasteiger charge is 2.46. The smallest absolute Gasteiger partial charge is 0.363 e. The third-order valence-corrected chi connectivity index (χ3v) is 5.84. The summed E-state index contributed by atoms with van der Waals surface area (Å²) in [7, 11) is 0. The highest BCUT2D eigenvalue weighted by atomic mass is 19.4. The number of aryl methyl sites for hydroxylation is 1. The second-order valence-corrected chi connectivity index (χ2v) is 8.07. The Morgan fingerprint density at radius 1 is 1.17 bits per heavy atom. The third-order valence-electron chi connectivity index (χ3n) is 5.84. The van der Waals surface area contributed by atoms with Crippen molar-refractivity contribution in [2.45, 2.75) is 69.8 Å². The summed E-state index contributed by atoms with van der Waals surface area (Å²) in [6, 6.07) is 6.66. The van der Waals surface area contributed by atoms with Crippen LogP contribution in [0.3, 0.4) is 0 Å². The van der Waals surface area contributed by atoms with Crippen LogP contribution < -0.4 is 10.6 Å². The van der Waals surface area contributed by atoms with Crippen LogP contribution in [0.2, 0.25) is 0 Å². The number of hydrogen-bond donors (Lipinski definition) is 2. The quantitative estimate of drug-likeness (QED) is 0.761. The molecule has 2 heterocycles. The molecule has 0 bridgehead atoms. The van der Waals surface area contributed by atoms with Gasteiger partial charge in [-0.15, -0.1) is 0 Å². The van der Waals surface area contributed by atoms with E-state index < -0.39 is 24.2 Å². The standard InChI is InChI=1S/C21H25F3N4O/c1-13-7-9-14(10-8-13)16-11-18(21(22,23)24)28-19(26-16)12-17(27-28)20(29)25-15-5-3-2-4-6-15/h7-10,12,15-16,18,26H,2-6,11H2,1H3,(H,25,29)/t16-,18-/m1/s1. The van der Waals surface area contributed by atoms with E-state index in [2.05, 4.69) is 15.7 Å². The van der Waals surface area contributed by atoms with Crippen molar-refractivity contribution >= 4 is 11.7 Å². The lowest BCUT2D eigenvalue weighted by Crippen LogP contribution is -2.37. The first-order valence-electron chi connectivity index (χ1n) is 10.1. The molecule has 1 amide bonds. The first-order chi connectivity index (χ1) is 13.8. The van der Waals surface area contributed by atoms with Gasteiger partial charge in [0.05, 0.1) is 6.04 Å². The van der Waals surface area contributed by atoms with E-state index in [1.165, 1.54) is 6.07 Å². The zero-order valence-corrected chi connectivity index (χ0v) is 16.3. The van der Waals surface area contributed by atoms with Crippen LogP contribution in [0.15, 0.2) is 30.3 Å². The summed E-state index contributed by atoms with van der Waals surface area (Å²) in [6.45, 7) is 1.93. The van der Waals surface area contributed by atoms with Crippen molar-refractivity contribution in [3.05, 3.63) is 47.2 Å². The number of fused-ring (bicyclic) bond motifs is 1. The number of amides is 1. The van der Waals surface area contributed by atoms with Gasteiger partial charge in [0.15, 0.2) is 11.7 Å². The average molecular weight is 406 g/mol. The van der Waals surface area contributed by atoms with Gasteiger partial charge in [-0.25, -0.2) is 4.68 Å². The van der Waals surface area contributed by atoms with Crippen LogP contribution in [0.25, 0.3) is 0 Å². The van der Waals surface area contributed by atoms with Gasteiger partial charge in [0.1, 0.15) is 5.82 Å². The van der Waals surface area contributed by atoms with Crippen LogP contribution in [0, 0.1) is 6.92 Å². The maximum atomic E-state index is 13.8. The van der Waals surface area contributed by atoms with Gasteiger partial charge in [-0.1, -0.05) is 49.1 Å². The van der Waals surface area contributed by atoms with Crippen LogP contribution in [0.4, 0.5) is 19.0 Å². The number of benzene rings is 1. The zero-order valence-electron chi connectivity index (χ0n) is 16.3. The Morgan fingerprint density at radius 2 is 1.86 bits per heavy atom. The predicted molar refractivity (Wildman–Crippen MR) is 104 cm³/mol. The minimum atomic E-state index is -4.46. The van der Waals surface area contributed by atoms with E-state index in [9.17, 15) is 18.0 Å². The van der Waals surface area contributed by atoms with Crippen LogP contribution in [-0.4, -0.2) is 27.9 Å². The second-order valence-electron chi connectivity index (χ2n) is 8.07. The molecular formula is C21H25F3N4O. The van der Waals surface area contributed by atoms with Crippen LogP contribution >= 0.6 is 0 Å². The van der Waals surface area contributed by atoms with Crippen molar-refractivity contribution in [1.82, 2.24) is 15.1 Å². The Hall–Kier alpha value is -2.51. The Balaban J connectivity index is 1.59.